The lowest BCUT2D eigenvalue weighted by atomic mass is 10.1. The Kier molecular flexibility index (Phi) is 5.12. The molecule has 0 aliphatic rings. The van der Waals surface area contributed by atoms with Crippen molar-refractivity contribution in [3.8, 4) is 0 Å². The molecule has 0 saturated heterocycles. The summed E-state index contributed by atoms with van der Waals surface area (Å²) in [6.07, 6.45) is 1.42. The number of H-pyrrole nitrogens is 1. The molecular formula is C18H18ClN3O4S. The second-order valence-corrected chi connectivity index (χ2v) is 8.15. The Morgan fingerprint density at radius 2 is 2.07 bits per heavy atom. The van der Waals surface area contributed by atoms with E-state index in [1.165, 1.54) is 25.4 Å². The van der Waals surface area contributed by atoms with Crippen LogP contribution in [0.2, 0.25) is 5.15 Å². The Labute approximate surface area is 162 Å². The van der Waals surface area contributed by atoms with E-state index in [0.717, 1.165) is 15.3 Å². The van der Waals surface area contributed by atoms with Gasteiger partial charge < -0.3 is 9.72 Å². The maximum Gasteiger partial charge on any atom is 0.354 e. The number of rotatable bonds is 5. The second kappa shape index (κ2) is 7.21. The van der Waals surface area contributed by atoms with Crippen LogP contribution in [0.1, 0.15) is 23.0 Å². The number of aromatic nitrogens is 2. The molecule has 9 heteroatoms. The van der Waals surface area contributed by atoms with Crippen LogP contribution in [0.4, 0.5) is 5.69 Å². The van der Waals surface area contributed by atoms with Crippen LogP contribution in [0.15, 0.2) is 41.4 Å². The van der Waals surface area contributed by atoms with Crippen LogP contribution in [-0.4, -0.2) is 38.0 Å². The van der Waals surface area contributed by atoms with Gasteiger partial charge in [-0.3, -0.25) is 4.31 Å². The number of fused-ring (bicyclic) bond motifs is 1. The van der Waals surface area contributed by atoms with Crippen molar-refractivity contribution in [1.82, 2.24) is 9.97 Å². The Morgan fingerprint density at radius 1 is 1.33 bits per heavy atom. The minimum Gasteiger partial charge on any atom is -0.461 e. The maximum atomic E-state index is 13.0. The van der Waals surface area contributed by atoms with Crippen molar-refractivity contribution in [3.05, 3.63) is 52.9 Å². The van der Waals surface area contributed by atoms with Gasteiger partial charge in [-0.1, -0.05) is 17.7 Å². The smallest absolute Gasteiger partial charge is 0.354 e. The van der Waals surface area contributed by atoms with Crippen molar-refractivity contribution in [3.63, 3.8) is 0 Å². The summed E-state index contributed by atoms with van der Waals surface area (Å²) in [5.41, 5.74) is 2.05. The van der Waals surface area contributed by atoms with Crippen molar-refractivity contribution in [2.45, 2.75) is 18.7 Å². The van der Waals surface area contributed by atoms with Crippen LogP contribution in [0.25, 0.3) is 10.9 Å². The Morgan fingerprint density at radius 3 is 2.74 bits per heavy atom. The van der Waals surface area contributed by atoms with E-state index >= 15 is 0 Å². The molecule has 142 valence electrons. The Balaban J connectivity index is 2.15. The van der Waals surface area contributed by atoms with Gasteiger partial charge in [0, 0.05) is 18.6 Å². The molecule has 0 aliphatic carbocycles. The lowest BCUT2D eigenvalue weighted by Gasteiger charge is -2.21. The fourth-order valence-electron chi connectivity index (χ4n) is 2.77. The molecule has 3 rings (SSSR count). The standard InChI is InChI=1S/C18H18ClN3O4S/c1-4-26-18(23)13-10-12-11(2)7-8-14(16(12)21-13)22(3)27(24,25)15-6-5-9-20-17(15)19/h5-10,21H,4H2,1-3H3. The first-order chi connectivity index (χ1) is 12.8. The zero-order chi connectivity index (χ0) is 19.8. The number of carbonyl (C=O) groups excluding carboxylic acids is 1. The number of hydrogen-bond acceptors (Lipinski definition) is 5. The zero-order valence-electron chi connectivity index (χ0n) is 15.0. The first-order valence-corrected chi connectivity index (χ1v) is 9.98. The van der Waals surface area contributed by atoms with E-state index in [1.54, 1.807) is 25.1 Å². The normalized spacial score (nSPS) is 11.6. The number of carbonyl (C=O) groups is 1. The molecule has 0 atom stereocenters. The van der Waals surface area contributed by atoms with Crippen LogP contribution < -0.4 is 4.31 Å². The highest BCUT2D eigenvalue weighted by molar-refractivity contribution is 7.93. The molecule has 1 aromatic carbocycles. The summed E-state index contributed by atoms with van der Waals surface area (Å²) in [4.78, 5) is 18.8. The number of halogens is 1. The fourth-order valence-corrected chi connectivity index (χ4v) is 4.40. The average molecular weight is 408 g/mol. The van der Waals surface area contributed by atoms with E-state index in [0.29, 0.717) is 11.2 Å². The Bertz CT molecular complexity index is 1120. The van der Waals surface area contributed by atoms with Crippen LogP contribution in [-0.2, 0) is 14.8 Å². The summed E-state index contributed by atoms with van der Waals surface area (Å²) in [6, 6.07) is 8.02. The van der Waals surface area contributed by atoms with E-state index in [9.17, 15) is 13.2 Å². The molecule has 0 saturated carbocycles. The van der Waals surface area contributed by atoms with Crippen LogP contribution in [0.5, 0.6) is 0 Å². The number of esters is 1. The number of anilines is 1. The lowest BCUT2D eigenvalue weighted by Crippen LogP contribution is -2.27. The predicted molar refractivity (Wildman–Crippen MR) is 104 cm³/mol. The van der Waals surface area contributed by atoms with Gasteiger partial charge in [0.2, 0.25) is 0 Å². The highest BCUT2D eigenvalue weighted by atomic mass is 35.5. The van der Waals surface area contributed by atoms with E-state index in [1.807, 2.05) is 6.92 Å². The molecule has 7 nitrogen and oxygen atoms in total. The van der Waals surface area contributed by atoms with Crippen molar-refractivity contribution in [2.24, 2.45) is 0 Å². The van der Waals surface area contributed by atoms with E-state index in [-0.39, 0.29) is 22.3 Å². The molecule has 0 amide bonds. The molecule has 2 aromatic heterocycles. The number of benzene rings is 1. The molecule has 0 fully saturated rings. The largest absolute Gasteiger partial charge is 0.461 e. The summed E-state index contributed by atoms with van der Waals surface area (Å²) in [5, 5.41) is 0.626. The van der Waals surface area contributed by atoms with Crippen molar-refractivity contribution in [2.75, 3.05) is 18.0 Å². The zero-order valence-corrected chi connectivity index (χ0v) is 16.6. The number of hydrogen-bond donors (Lipinski definition) is 1. The van der Waals surface area contributed by atoms with Crippen molar-refractivity contribution in [1.29, 1.82) is 0 Å². The molecular weight excluding hydrogens is 390 g/mol. The predicted octanol–water partition coefficient (Wildman–Crippen LogP) is 3.53. The minimum absolute atomic E-state index is 0.0972. The number of aryl methyl sites for hydroxylation is 1. The number of nitrogens with one attached hydrogen (secondary N) is 1. The second-order valence-electron chi connectivity index (χ2n) is 5.86. The monoisotopic (exact) mass is 407 g/mol. The number of sulfonamides is 1. The number of nitrogens with zero attached hydrogens (tertiary/aromatic N) is 2. The molecule has 0 unspecified atom stereocenters. The van der Waals surface area contributed by atoms with Gasteiger partial charge in [0.05, 0.1) is 17.8 Å². The SMILES string of the molecule is CCOC(=O)c1cc2c(C)ccc(N(C)S(=O)(=O)c3cccnc3Cl)c2[nH]1. The summed E-state index contributed by atoms with van der Waals surface area (Å²) in [7, 11) is -2.52. The number of ether oxygens (including phenoxy) is 1. The minimum atomic E-state index is -3.95. The third kappa shape index (κ3) is 3.38. The van der Waals surface area contributed by atoms with Crippen molar-refractivity contribution >= 4 is 44.2 Å². The molecule has 3 aromatic rings. The van der Waals surface area contributed by atoms with Gasteiger partial charge in [-0.25, -0.2) is 18.2 Å². The van der Waals surface area contributed by atoms with E-state index in [2.05, 4.69) is 9.97 Å². The maximum absolute atomic E-state index is 13.0. The van der Waals surface area contributed by atoms with Crippen LogP contribution in [0, 0.1) is 6.92 Å². The van der Waals surface area contributed by atoms with Crippen LogP contribution >= 0.6 is 11.6 Å². The van der Waals surface area contributed by atoms with Gasteiger partial charge >= 0.3 is 5.97 Å². The molecule has 0 bridgehead atoms. The number of pyridine rings is 1. The van der Waals surface area contributed by atoms with Gasteiger partial charge in [0.15, 0.2) is 0 Å². The summed E-state index contributed by atoms with van der Waals surface area (Å²) < 4.78 is 32.2. The summed E-state index contributed by atoms with van der Waals surface area (Å²) in [6.45, 7) is 3.84. The third-order valence-electron chi connectivity index (χ3n) is 4.19. The van der Waals surface area contributed by atoms with Gasteiger partial charge in [0.25, 0.3) is 10.0 Å². The topological polar surface area (TPSA) is 92.4 Å². The number of aromatic amines is 1. The van der Waals surface area contributed by atoms with Crippen LogP contribution in [0.3, 0.4) is 0 Å². The highest BCUT2D eigenvalue weighted by Gasteiger charge is 2.27. The molecule has 0 aliphatic heterocycles. The van der Waals surface area contributed by atoms with E-state index < -0.39 is 16.0 Å². The molecule has 27 heavy (non-hydrogen) atoms. The average Bonchev–Trinajstić information content (AvgIpc) is 3.08. The molecule has 1 N–H and O–H groups in total. The molecule has 0 spiro atoms. The van der Waals surface area contributed by atoms with E-state index in [4.69, 9.17) is 16.3 Å². The summed E-state index contributed by atoms with van der Waals surface area (Å²) >= 11 is 5.98. The fraction of sp³-hybridized carbons (Fsp3) is 0.222. The van der Waals surface area contributed by atoms with Gasteiger partial charge in [-0.05, 0) is 43.7 Å². The first kappa shape index (κ1) is 19.2. The third-order valence-corrected chi connectivity index (χ3v) is 6.40. The van der Waals surface area contributed by atoms with Gasteiger partial charge in [-0.15, -0.1) is 0 Å². The van der Waals surface area contributed by atoms with Crippen molar-refractivity contribution < 1.29 is 17.9 Å². The quantitative estimate of drug-likeness (QED) is 0.516. The first-order valence-electron chi connectivity index (χ1n) is 8.16. The van der Waals surface area contributed by atoms with Gasteiger partial charge in [-0.2, -0.15) is 0 Å². The molecule has 0 radical (unpaired) electrons. The Hall–Kier alpha value is -2.58. The summed E-state index contributed by atoms with van der Waals surface area (Å²) in [5.74, 6) is -0.500. The lowest BCUT2D eigenvalue weighted by molar-refractivity contribution is 0.0520. The highest BCUT2D eigenvalue weighted by Crippen LogP contribution is 2.33. The van der Waals surface area contributed by atoms with Gasteiger partial charge in [0.1, 0.15) is 15.7 Å². The molecule has 2 heterocycles.